The molecule has 0 saturated carbocycles. The second kappa shape index (κ2) is 6.97. The monoisotopic (exact) mass is 337 g/mol. The standard InChI is InChI=1S/C16H17BrClN/c1-2-6-15(12-7-4-3-5-8-12)19-16-11-13(17)9-10-14(16)18/h3-5,7-11,15,19H,2,6H2,1H3. The van der Waals surface area contributed by atoms with E-state index in [1.165, 1.54) is 5.56 Å². The van der Waals surface area contributed by atoms with Crippen LogP contribution in [0.5, 0.6) is 0 Å². The fraction of sp³-hybridized carbons (Fsp3) is 0.250. The van der Waals surface area contributed by atoms with Gasteiger partial charge in [-0.3, -0.25) is 0 Å². The molecule has 2 rings (SSSR count). The summed E-state index contributed by atoms with van der Waals surface area (Å²) in [6, 6.07) is 16.7. The lowest BCUT2D eigenvalue weighted by atomic mass is 10.0. The van der Waals surface area contributed by atoms with Crippen LogP contribution in [0.2, 0.25) is 5.02 Å². The Labute approximate surface area is 128 Å². The van der Waals surface area contributed by atoms with Crippen LogP contribution in [0, 0.1) is 0 Å². The first kappa shape index (κ1) is 14.4. The highest BCUT2D eigenvalue weighted by atomic mass is 79.9. The number of rotatable bonds is 5. The predicted octanol–water partition coefficient (Wildman–Crippen LogP) is 6.06. The van der Waals surface area contributed by atoms with Gasteiger partial charge in [-0.2, -0.15) is 0 Å². The van der Waals surface area contributed by atoms with E-state index in [0.29, 0.717) is 0 Å². The van der Waals surface area contributed by atoms with E-state index in [9.17, 15) is 0 Å². The van der Waals surface area contributed by atoms with E-state index >= 15 is 0 Å². The molecular formula is C16H17BrClN. The number of anilines is 1. The highest BCUT2D eigenvalue weighted by Gasteiger charge is 2.11. The molecule has 0 spiro atoms. The van der Waals surface area contributed by atoms with Crippen molar-refractivity contribution in [2.45, 2.75) is 25.8 Å². The van der Waals surface area contributed by atoms with Crippen molar-refractivity contribution in [2.24, 2.45) is 0 Å². The maximum atomic E-state index is 6.24. The lowest BCUT2D eigenvalue weighted by Gasteiger charge is -2.21. The molecule has 1 N–H and O–H groups in total. The Morgan fingerprint density at radius 2 is 1.89 bits per heavy atom. The van der Waals surface area contributed by atoms with Crippen molar-refractivity contribution in [1.82, 2.24) is 0 Å². The van der Waals surface area contributed by atoms with Crippen LogP contribution in [0.4, 0.5) is 5.69 Å². The van der Waals surface area contributed by atoms with Crippen molar-refractivity contribution >= 4 is 33.2 Å². The van der Waals surface area contributed by atoms with Gasteiger partial charge in [-0.1, -0.05) is 71.2 Å². The minimum atomic E-state index is 0.290. The van der Waals surface area contributed by atoms with Crippen LogP contribution in [0.15, 0.2) is 53.0 Å². The first-order valence-corrected chi connectivity index (χ1v) is 7.64. The molecule has 3 heteroatoms. The number of hydrogen-bond acceptors (Lipinski definition) is 1. The number of halogens is 2. The molecule has 19 heavy (non-hydrogen) atoms. The number of hydrogen-bond donors (Lipinski definition) is 1. The van der Waals surface area contributed by atoms with Gasteiger partial charge < -0.3 is 5.32 Å². The van der Waals surface area contributed by atoms with Gasteiger partial charge in [0.25, 0.3) is 0 Å². The lowest BCUT2D eigenvalue weighted by Crippen LogP contribution is -2.10. The van der Waals surface area contributed by atoms with Crippen LogP contribution in [-0.2, 0) is 0 Å². The zero-order chi connectivity index (χ0) is 13.7. The number of benzene rings is 2. The normalized spacial score (nSPS) is 12.2. The molecule has 1 nitrogen and oxygen atoms in total. The Kier molecular flexibility index (Phi) is 5.29. The van der Waals surface area contributed by atoms with E-state index in [0.717, 1.165) is 28.0 Å². The van der Waals surface area contributed by atoms with E-state index in [-0.39, 0.29) is 6.04 Å². The lowest BCUT2D eigenvalue weighted by molar-refractivity contribution is 0.677. The summed E-state index contributed by atoms with van der Waals surface area (Å²) in [6.45, 7) is 2.19. The smallest absolute Gasteiger partial charge is 0.0638 e. The van der Waals surface area contributed by atoms with Gasteiger partial charge in [-0.15, -0.1) is 0 Å². The molecule has 0 amide bonds. The summed E-state index contributed by atoms with van der Waals surface area (Å²) in [5, 5.41) is 4.29. The minimum Gasteiger partial charge on any atom is -0.377 e. The summed E-state index contributed by atoms with van der Waals surface area (Å²) in [7, 11) is 0. The molecule has 2 aromatic carbocycles. The molecule has 0 aliphatic rings. The van der Waals surface area contributed by atoms with Crippen LogP contribution in [0.1, 0.15) is 31.4 Å². The Bertz CT molecular complexity index is 528. The SMILES string of the molecule is CCCC(Nc1cc(Br)ccc1Cl)c1ccccc1. The Morgan fingerprint density at radius 1 is 1.16 bits per heavy atom. The van der Waals surface area contributed by atoms with Gasteiger partial charge in [-0.25, -0.2) is 0 Å². The van der Waals surface area contributed by atoms with Crippen molar-refractivity contribution in [3.05, 3.63) is 63.6 Å². The van der Waals surface area contributed by atoms with Gasteiger partial charge in [0.1, 0.15) is 0 Å². The molecule has 100 valence electrons. The molecule has 2 aromatic rings. The van der Waals surface area contributed by atoms with Crippen molar-refractivity contribution in [1.29, 1.82) is 0 Å². The molecule has 1 atom stereocenters. The van der Waals surface area contributed by atoms with Gasteiger partial charge in [0.2, 0.25) is 0 Å². The molecule has 0 fully saturated rings. The molecule has 0 aliphatic heterocycles. The summed E-state index contributed by atoms with van der Waals surface area (Å²) in [6.07, 6.45) is 2.20. The fourth-order valence-electron chi connectivity index (χ4n) is 2.09. The van der Waals surface area contributed by atoms with Crippen molar-refractivity contribution in [3.63, 3.8) is 0 Å². The predicted molar refractivity (Wildman–Crippen MR) is 86.9 cm³/mol. The van der Waals surface area contributed by atoms with E-state index < -0.39 is 0 Å². The largest absolute Gasteiger partial charge is 0.377 e. The third-order valence-electron chi connectivity index (χ3n) is 3.04. The van der Waals surface area contributed by atoms with E-state index in [2.05, 4.69) is 52.4 Å². The van der Waals surface area contributed by atoms with Gasteiger partial charge in [0.15, 0.2) is 0 Å². The molecule has 1 unspecified atom stereocenters. The van der Waals surface area contributed by atoms with Crippen LogP contribution in [0.3, 0.4) is 0 Å². The highest BCUT2D eigenvalue weighted by molar-refractivity contribution is 9.10. The molecule has 0 heterocycles. The van der Waals surface area contributed by atoms with Crippen LogP contribution < -0.4 is 5.32 Å². The van der Waals surface area contributed by atoms with Gasteiger partial charge in [0, 0.05) is 4.47 Å². The summed E-state index contributed by atoms with van der Waals surface area (Å²) >= 11 is 9.73. The van der Waals surface area contributed by atoms with Crippen LogP contribution >= 0.6 is 27.5 Å². The molecule has 0 radical (unpaired) electrons. The second-order valence-electron chi connectivity index (χ2n) is 4.52. The molecule has 0 aliphatic carbocycles. The summed E-state index contributed by atoms with van der Waals surface area (Å²) < 4.78 is 1.03. The maximum absolute atomic E-state index is 6.24. The highest BCUT2D eigenvalue weighted by Crippen LogP contribution is 2.30. The first-order chi connectivity index (χ1) is 9.20. The average Bonchev–Trinajstić information content (AvgIpc) is 2.43. The van der Waals surface area contributed by atoms with Crippen molar-refractivity contribution in [3.8, 4) is 0 Å². The van der Waals surface area contributed by atoms with Gasteiger partial charge in [-0.05, 0) is 30.2 Å². The molecule has 0 saturated heterocycles. The zero-order valence-electron chi connectivity index (χ0n) is 10.9. The van der Waals surface area contributed by atoms with Gasteiger partial charge >= 0.3 is 0 Å². The second-order valence-corrected chi connectivity index (χ2v) is 5.84. The quantitative estimate of drug-likeness (QED) is 0.699. The number of nitrogens with one attached hydrogen (secondary N) is 1. The summed E-state index contributed by atoms with van der Waals surface area (Å²) in [4.78, 5) is 0. The van der Waals surface area contributed by atoms with Crippen LogP contribution in [0.25, 0.3) is 0 Å². The van der Waals surface area contributed by atoms with Crippen molar-refractivity contribution in [2.75, 3.05) is 5.32 Å². The zero-order valence-corrected chi connectivity index (χ0v) is 13.2. The fourth-order valence-corrected chi connectivity index (χ4v) is 2.63. The molecule has 0 aromatic heterocycles. The third kappa shape index (κ3) is 3.99. The summed E-state index contributed by atoms with van der Waals surface area (Å²) in [5.41, 5.74) is 2.26. The maximum Gasteiger partial charge on any atom is 0.0638 e. The van der Waals surface area contributed by atoms with E-state index in [1.54, 1.807) is 0 Å². The molecule has 0 bridgehead atoms. The van der Waals surface area contributed by atoms with Crippen molar-refractivity contribution < 1.29 is 0 Å². The Hall–Kier alpha value is -0.990. The molecular weight excluding hydrogens is 322 g/mol. The topological polar surface area (TPSA) is 12.0 Å². The Balaban J connectivity index is 2.24. The van der Waals surface area contributed by atoms with E-state index in [4.69, 9.17) is 11.6 Å². The minimum absolute atomic E-state index is 0.290. The Morgan fingerprint density at radius 3 is 2.58 bits per heavy atom. The average molecular weight is 339 g/mol. The van der Waals surface area contributed by atoms with E-state index in [1.807, 2.05) is 24.3 Å². The summed E-state index contributed by atoms with van der Waals surface area (Å²) in [5.74, 6) is 0. The van der Waals surface area contributed by atoms with Gasteiger partial charge in [0.05, 0.1) is 16.8 Å². The first-order valence-electron chi connectivity index (χ1n) is 6.47. The van der Waals surface area contributed by atoms with Crippen LogP contribution in [-0.4, -0.2) is 0 Å². The third-order valence-corrected chi connectivity index (χ3v) is 3.86.